The van der Waals surface area contributed by atoms with Crippen molar-refractivity contribution < 1.29 is 9.53 Å². The van der Waals surface area contributed by atoms with Crippen molar-refractivity contribution in [1.29, 1.82) is 0 Å². The number of nitrogens with one attached hydrogen (secondary N) is 1. The lowest BCUT2D eigenvalue weighted by molar-refractivity contribution is -0.127. The summed E-state index contributed by atoms with van der Waals surface area (Å²) in [6.45, 7) is 2.71. The molecule has 5 nitrogen and oxygen atoms in total. The van der Waals surface area contributed by atoms with Crippen molar-refractivity contribution in [2.24, 2.45) is 11.3 Å². The molecule has 3 aliphatic rings. The third-order valence-electron chi connectivity index (χ3n) is 6.74. The fourth-order valence-corrected chi connectivity index (χ4v) is 5.31. The first-order valence-electron chi connectivity index (χ1n) is 9.66. The van der Waals surface area contributed by atoms with Crippen molar-refractivity contribution in [3.05, 3.63) is 30.1 Å². The van der Waals surface area contributed by atoms with Crippen molar-refractivity contribution in [2.45, 2.75) is 50.6 Å². The van der Waals surface area contributed by atoms with Gasteiger partial charge in [0.15, 0.2) is 0 Å². The Morgan fingerprint density at radius 1 is 1.36 bits per heavy atom. The van der Waals surface area contributed by atoms with Gasteiger partial charge in [0.1, 0.15) is 0 Å². The second kappa shape index (κ2) is 7.04. The minimum absolute atomic E-state index is 0.140. The third-order valence-corrected chi connectivity index (χ3v) is 6.74. The van der Waals surface area contributed by atoms with Crippen LogP contribution in [0.15, 0.2) is 24.5 Å². The molecule has 1 N–H and O–H groups in total. The maximum absolute atomic E-state index is 12.3. The van der Waals surface area contributed by atoms with Gasteiger partial charge in [0.2, 0.25) is 5.91 Å². The highest BCUT2D eigenvalue weighted by Gasteiger charge is 2.45. The SMILES string of the molecule is CN1C(=O)C[C@@H](CNC2CCCC23CCOCC3)[C@@H]1c1cccnc1. The van der Waals surface area contributed by atoms with Crippen molar-refractivity contribution >= 4 is 5.91 Å². The number of hydrogen-bond donors (Lipinski definition) is 1. The Bertz CT molecular complexity index is 600. The predicted molar refractivity (Wildman–Crippen MR) is 96.0 cm³/mol. The van der Waals surface area contributed by atoms with Gasteiger partial charge in [-0.25, -0.2) is 0 Å². The first-order chi connectivity index (χ1) is 12.2. The number of hydrogen-bond acceptors (Lipinski definition) is 4. The summed E-state index contributed by atoms with van der Waals surface area (Å²) in [4.78, 5) is 18.5. The predicted octanol–water partition coefficient (Wildman–Crippen LogP) is 2.54. The fraction of sp³-hybridized carbons (Fsp3) is 0.700. The van der Waals surface area contributed by atoms with E-state index in [1.807, 2.05) is 24.2 Å². The number of carbonyl (C=O) groups excluding carboxylic acids is 1. The van der Waals surface area contributed by atoms with Crippen LogP contribution in [0.3, 0.4) is 0 Å². The molecule has 2 saturated heterocycles. The summed E-state index contributed by atoms with van der Waals surface area (Å²) in [6, 6.07) is 4.77. The zero-order chi connectivity index (χ0) is 17.3. The zero-order valence-electron chi connectivity index (χ0n) is 15.1. The molecule has 1 amide bonds. The van der Waals surface area contributed by atoms with Gasteiger partial charge in [-0.05, 0) is 42.7 Å². The summed E-state index contributed by atoms with van der Waals surface area (Å²) in [5.74, 6) is 0.562. The van der Waals surface area contributed by atoms with Gasteiger partial charge in [0, 0.05) is 57.6 Å². The Hall–Kier alpha value is -1.46. The molecule has 4 rings (SSSR count). The molecule has 25 heavy (non-hydrogen) atoms. The second-order valence-electron chi connectivity index (χ2n) is 8.03. The van der Waals surface area contributed by atoms with E-state index in [0.29, 0.717) is 23.8 Å². The van der Waals surface area contributed by atoms with Gasteiger partial charge in [-0.2, -0.15) is 0 Å². The van der Waals surface area contributed by atoms with E-state index < -0.39 is 0 Å². The summed E-state index contributed by atoms with van der Waals surface area (Å²) >= 11 is 0. The standard InChI is InChI=1S/C20H29N3O2/c1-23-18(24)12-16(19(23)15-4-3-9-21-13-15)14-22-17-5-2-6-20(17)7-10-25-11-8-20/h3-4,9,13,16-17,19,22H,2,5-8,10-12,14H2,1H3/t16-,17?,19-/m0/s1. The Balaban J connectivity index is 1.45. The maximum Gasteiger partial charge on any atom is 0.223 e. The molecular formula is C20H29N3O2. The van der Waals surface area contributed by atoms with Gasteiger partial charge in [0.25, 0.3) is 0 Å². The Kier molecular flexibility index (Phi) is 4.78. The van der Waals surface area contributed by atoms with Crippen LogP contribution in [0, 0.1) is 11.3 Å². The summed E-state index contributed by atoms with van der Waals surface area (Å²) in [5, 5.41) is 3.87. The first-order valence-corrected chi connectivity index (χ1v) is 9.66. The normalized spacial score (nSPS) is 31.8. The quantitative estimate of drug-likeness (QED) is 0.913. The van der Waals surface area contributed by atoms with E-state index in [2.05, 4.69) is 16.4 Å². The van der Waals surface area contributed by atoms with E-state index in [9.17, 15) is 4.79 Å². The molecule has 2 aliphatic heterocycles. The van der Waals surface area contributed by atoms with E-state index in [0.717, 1.165) is 25.3 Å². The molecule has 1 aromatic rings. The Morgan fingerprint density at radius 3 is 2.96 bits per heavy atom. The summed E-state index contributed by atoms with van der Waals surface area (Å²) in [7, 11) is 1.93. The summed E-state index contributed by atoms with van der Waals surface area (Å²) < 4.78 is 5.60. The number of nitrogens with zero attached hydrogens (tertiary/aromatic N) is 2. The number of carbonyl (C=O) groups is 1. The van der Waals surface area contributed by atoms with E-state index in [4.69, 9.17) is 4.74 Å². The van der Waals surface area contributed by atoms with Crippen LogP contribution < -0.4 is 5.32 Å². The lowest BCUT2D eigenvalue weighted by atomic mass is 9.75. The smallest absolute Gasteiger partial charge is 0.223 e. The largest absolute Gasteiger partial charge is 0.381 e. The van der Waals surface area contributed by atoms with Crippen molar-refractivity contribution in [1.82, 2.24) is 15.2 Å². The molecule has 1 aromatic heterocycles. The number of likely N-dealkylation sites (tertiary alicyclic amines) is 1. The molecule has 1 aliphatic carbocycles. The molecule has 136 valence electrons. The van der Waals surface area contributed by atoms with E-state index in [1.54, 1.807) is 6.20 Å². The molecule has 1 unspecified atom stereocenters. The molecule has 0 radical (unpaired) electrons. The second-order valence-corrected chi connectivity index (χ2v) is 8.03. The minimum Gasteiger partial charge on any atom is -0.381 e. The first kappa shape index (κ1) is 17.0. The summed E-state index contributed by atoms with van der Waals surface area (Å²) in [5.41, 5.74) is 1.58. The average molecular weight is 343 g/mol. The minimum atomic E-state index is 0.140. The van der Waals surface area contributed by atoms with Gasteiger partial charge >= 0.3 is 0 Å². The van der Waals surface area contributed by atoms with Crippen LogP contribution in [0.25, 0.3) is 0 Å². The lowest BCUT2D eigenvalue weighted by Crippen LogP contribution is -2.46. The van der Waals surface area contributed by atoms with Gasteiger partial charge < -0.3 is 15.0 Å². The molecular weight excluding hydrogens is 314 g/mol. The van der Waals surface area contributed by atoms with Crippen LogP contribution >= 0.6 is 0 Å². The third kappa shape index (κ3) is 3.20. The summed E-state index contributed by atoms with van der Waals surface area (Å²) in [6.07, 6.45) is 10.6. The van der Waals surface area contributed by atoms with Crippen molar-refractivity contribution in [3.63, 3.8) is 0 Å². The zero-order valence-corrected chi connectivity index (χ0v) is 15.1. The highest BCUT2D eigenvalue weighted by Crippen LogP contribution is 2.46. The van der Waals surface area contributed by atoms with Crippen LogP contribution in [0.5, 0.6) is 0 Å². The van der Waals surface area contributed by atoms with Crippen LogP contribution in [-0.4, -0.2) is 48.6 Å². The molecule has 3 heterocycles. The number of pyridine rings is 1. The van der Waals surface area contributed by atoms with Gasteiger partial charge in [-0.15, -0.1) is 0 Å². The van der Waals surface area contributed by atoms with E-state index >= 15 is 0 Å². The monoisotopic (exact) mass is 343 g/mol. The topological polar surface area (TPSA) is 54.5 Å². The number of rotatable bonds is 4. The van der Waals surface area contributed by atoms with Crippen LogP contribution in [-0.2, 0) is 9.53 Å². The number of amides is 1. The highest BCUT2D eigenvalue weighted by molar-refractivity contribution is 5.79. The van der Waals surface area contributed by atoms with Gasteiger partial charge in [-0.3, -0.25) is 9.78 Å². The average Bonchev–Trinajstić information content (AvgIpc) is 3.15. The Morgan fingerprint density at radius 2 is 2.20 bits per heavy atom. The van der Waals surface area contributed by atoms with Crippen LogP contribution in [0.4, 0.5) is 0 Å². The van der Waals surface area contributed by atoms with Crippen molar-refractivity contribution in [3.8, 4) is 0 Å². The Labute approximate surface area is 150 Å². The molecule has 1 saturated carbocycles. The molecule has 0 aromatic carbocycles. The number of ether oxygens (including phenoxy) is 1. The fourth-order valence-electron chi connectivity index (χ4n) is 5.31. The van der Waals surface area contributed by atoms with E-state index in [-0.39, 0.29) is 11.9 Å². The van der Waals surface area contributed by atoms with E-state index in [1.165, 1.54) is 32.1 Å². The lowest BCUT2D eigenvalue weighted by Gasteiger charge is -2.40. The van der Waals surface area contributed by atoms with Crippen LogP contribution in [0.1, 0.15) is 50.1 Å². The molecule has 1 spiro atoms. The van der Waals surface area contributed by atoms with Gasteiger partial charge in [0.05, 0.1) is 6.04 Å². The number of aromatic nitrogens is 1. The van der Waals surface area contributed by atoms with Crippen LogP contribution in [0.2, 0.25) is 0 Å². The maximum atomic E-state index is 12.3. The molecule has 5 heteroatoms. The molecule has 3 fully saturated rings. The van der Waals surface area contributed by atoms with Crippen molar-refractivity contribution in [2.75, 3.05) is 26.8 Å². The highest BCUT2D eigenvalue weighted by atomic mass is 16.5. The van der Waals surface area contributed by atoms with Gasteiger partial charge in [-0.1, -0.05) is 12.5 Å². The molecule has 3 atom stereocenters. The molecule has 0 bridgehead atoms.